The van der Waals surface area contributed by atoms with Crippen molar-refractivity contribution in [1.82, 2.24) is 10.2 Å². The number of benzene rings is 1. The quantitative estimate of drug-likeness (QED) is 0.699. The summed E-state index contributed by atoms with van der Waals surface area (Å²) < 4.78 is 13.2. The summed E-state index contributed by atoms with van der Waals surface area (Å²) in [5.74, 6) is -0.261. The second-order valence-corrected chi connectivity index (χ2v) is 5.77. The summed E-state index contributed by atoms with van der Waals surface area (Å²) in [6, 6.07) is 4.51. The van der Waals surface area contributed by atoms with Crippen LogP contribution >= 0.6 is 0 Å². The summed E-state index contributed by atoms with van der Waals surface area (Å²) in [6.45, 7) is 10.9. The molecule has 0 spiro atoms. The molecule has 1 aromatic rings. The van der Waals surface area contributed by atoms with Crippen molar-refractivity contribution in [1.29, 1.82) is 0 Å². The van der Waals surface area contributed by atoms with Gasteiger partial charge in [0.25, 0.3) is 0 Å². The van der Waals surface area contributed by atoms with Crippen molar-refractivity contribution in [2.45, 2.75) is 54.1 Å². The topological polar surface area (TPSA) is 32.3 Å². The van der Waals surface area contributed by atoms with E-state index in [0.29, 0.717) is 13.1 Å². The van der Waals surface area contributed by atoms with E-state index < -0.39 is 0 Å². The third kappa shape index (κ3) is 6.57. The van der Waals surface area contributed by atoms with Gasteiger partial charge in [-0.2, -0.15) is 0 Å². The maximum atomic E-state index is 13.2. The van der Waals surface area contributed by atoms with Crippen molar-refractivity contribution in [2.75, 3.05) is 0 Å². The van der Waals surface area contributed by atoms with E-state index in [1.54, 1.807) is 11.0 Å². The van der Waals surface area contributed by atoms with Gasteiger partial charge in [-0.05, 0) is 49.6 Å². The molecule has 0 saturated carbocycles. The SMILES string of the molecule is CC.CC/C=C/C(C)=C/C=C(\C)NC(=O)N1Cc2ccc(F)cc2C1. The van der Waals surface area contributed by atoms with Crippen LogP contribution < -0.4 is 5.32 Å². The lowest BCUT2D eigenvalue weighted by molar-refractivity contribution is 0.201. The Bertz CT molecular complexity index is 674. The van der Waals surface area contributed by atoms with Crippen LogP contribution in [0.3, 0.4) is 0 Å². The third-order valence-corrected chi connectivity index (χ3v) is 3.69. The van der Waals surface area contributed by atoms with Gasteiger partial charge in [-0.1, -0.05) is 50.6 Å². The highest BCUT2D eigenvalue weighted by Crippen LogP contribution is 2.23. The van der Waals surface area contributed by atoms with E-state index in [0.717, 1.165) is 28.8 Å². The van der Waals surface area contributed by atoms with Crippen LogP contribution in [0.25, 0.3) is 0 Å². The maximum absolute atomic E-state index is 13.2. The molecule has 2 rings (SSSR count). The molecule has 1 heterocycles. The smallest absolute Gasteiger partial charge is 0.316 e. The van der Waals surface area contributed by atoms with Gasteiger partial charge in [0.15, 0.2) is 0 Å². The number of allylic oxidation sites excluding steroid dienone is 6. The molecule has 1 aliphatic heterocycles. The van der Waals surface area contributed by atoms with E-state index >= 15 is 0 Å². The average Bonchev–Trinajstić information content (AvgIpc) is 3.03. The summed E-state index contributed by atoms with van der Waals surface area (Å²) in [4.78, 5) is 13.9. The van der Waals surface area contributed by atoms with Gasteiger partial charge in [0.05, 0.1) is 0 Å². The van der Waals surface area contributed by atoms with Crippen LogP contribution in [0.2, 0.25) is 0 Å². The molecule has 2 amide bonds. The van der Waals surface area contributed by atoms with Crippen molar-refractivity contribution in [2.24, 2.45) is 0 Å². The Kier molecular flexibility index (Phi) is 8.68. The number of amides is 2. The number of rotatable bonds is 4. The van der Waals surface area contributed by atoms with Crippen LogP contribution in [0.4, 0.5) is 9.18 Å². The molecule has 3 nitrogen and oxygen atoms in total. The fourth-order valence-corrected chi connectivity index (χ4v) is 2.41. The summed E-state index contributed by atoms with van der Waals surface area (Å²) in [7, 11) is 0. The van der Waals surface area contributed by atoms with E-state index in [1.165, 1.54) is 12.1 Å². The van der Waals surface area contributed by atoms with Crippen LogP contribution in [-0.2, 0) is 13.1 Å². The number of carbonyl (C=O) groups is 1. The van der Waals surface area contributed by atoms with E-state index in [1.807, 2.05) is 39.8 Å². The van der Waals surface area contributed by atoms with Crippen LogP contribution in [0.15, 0.2) is 53.8 Å². The molecule has 1 N–H and O–H groups in total. The molecule has 0 atom stereocenters. The Balaban J connectivity index is 0.00000151. The fraction of sp³-hybridized carbons (Fsp3) is 0.381. The molecule has 0 fully saturated rings. The predicted molar refractivity (Wildman–Crippen MR) is 102 cm³/mol. The molecule has 136 valence electrons. The van der Waals surface area contributed by atoms with Crippen LogP contribution in [0.1, 0.15) is 52.2 Å². The second kappa shape index (κ2) is 10.5. The standard InChI is InChI=1S/C19H23FN2O.C2H6/c1-4-5-6-14(2)7-8-15(3)21-19(23)22-12-16-9-10-18(20)11-17(16)13-22;1-2/h5-11H,4,12-13H2,1-3H3,(H,21,23);1-2H3/b6-5+,14-7+,15-8+;. The van der Waals surface area contributed by atoms with Crippen molar-refractivity contribution < 1.29 is 9.18 Å². The minimum absolute atomic E-state index is 0.162. The first kappa shape index (κ1) is 20.7. The molecule has 0 bridgehead atoms. The van der Waals surface area contributed by atoms with Crippen molar-refractivity contribution in [3.8, 4) is 0 Å². The monoisotopic (exact) mass is 344 g/mol. The Labute approximate surface area is 150 Å². The molecular formula is C21H29FN2O. The van der Waals surface area contributed by atoms with E-state index in [2.05, 4.69) is 24.4 Å². The summed E-state index contributed by atoms with van der Waals surface area (Å²) in [6.07, 6.45) is 9.00. The van der Waals surface area contributed by atoms with Crippen LogP contribution in [0, 0.1) is 5.82 Å². The molecule has 1 aromatic carbocycles. The number of urea groups is 1. The zero-order valence-electron chi connectivity index (χ0n) is 15.9. The summed E-state index contributed by atoms with van der Waals surface area (Å²) >= 11 is 0. The number of carbonyl (C=O) groups excluding carboxylic acids is 1. The average molecular weight is 344 g/mol. The molecule has 0 aliphatic carbocycles. The first-order chi connectivity index (χ1) is 12.0. The largest absolute Gasteiger partial charge is 0.322 e. The van der Waals surface area contributed by atoms with Gasteiger partial charge in [-0.15, -0.1) is 0 Å². The molecule has 0 radical (unpaired) electrons. The lowest BCUT2D eigenvalue weighted by Gasteiger charge is -2.16. The fourth-order valence-electron chi connectivity index (χ4n) is 2.41. The lowest BCUT2D eigenvalue weighted by atomic mass is 10.1. The highest BCUT2D eigenvalue weighted by Gasteiger charge is 2.23. The molecule has 0 saturated heterocycles. The van der Waals surface area contributed by atoms with Gasteiger partial charge in [-0.25, -0.2) is 9.18 Å². The maximum Gasteiger partial charge on any atom is 0.322 e. The number of halogens is 1. The minimum atomic E-state index is -0.261. The van der Waals surface area contributed by atoms with Crippen molar-refractivity contribution >= 4 is 6.03 Å². The van der Waals surface area contributed by atoms with Crippen molar-refractivity contribution in [3.05, 3.63) is 70.7 Å². The number of nitrogens with one attached hydrogen (secondary N) is 1. The van der Waals surface area contributed by atoms with Gasteiger partial charge in [0, 0.05) is 18.8 Å². The van der Waals surface area contributed by atoms with Gasteiger partial charge < -0.3 is 10.2 Å². The Morgan fingerprint density at radius 3 is 2.56 bits per heavy atom. The lowest BCUT2D eigenvalue weighted by Crippen LogP contribution is -2.35. The number of hydrogen-bond donors (Lipinski definition) is 1. The summed E-state index contributed by atoms with van der Waals surface area (Å²) in [5, 5.41) is 2.87. The highest BCUT2D eigenvalue weighted by atomic mass is 19.1. The number of hydrogen-bond acceptors (Lipinski definition) is 1. The molecule has 1 aliphatic rings. The molecular weight excluding hydrogens is 315 g/mol. The van der Waals surface area contributed by atoms with Gasteiger partial charge in [0.1, 0.15) is 5.82 Å². The van der Waals surface area contributed by atoms with Crippen LogP contribution in [-0.4, -0.2) is 10.9 Å². The van der Waals surface area contributed by atoms with Gasteiger partial charge in [-0.3, -0.25) is 0 Å². The van der Waals surface area contributed by atoms with E-state index in [4.69, 9.17) is 0 Å². The minimum Gasteiger partial charge on any atom is -0.316 e. The predicted octanol–water partition coefficient (Wildman–Crippen LogP) is 5.69. The molecule has 4 heteroatoms. The van der Waals surface area contributed by atoms with Gasteiger partial charge >= 0.3 is 6.03 Å². The normalized spacial score (nSPS) is 14.2. The Morgan fingerprint density at radius 2 is 1.88 bits per heavy atom. The molecule has 0 unspecified atom stereocenters. The first-order valence-corrected chi connectivity index (χ1v) is 8.84. The zero-order valence-corrected chi connectivity index (χ0v) is 15.9. The highest BCUT2D eigenvalue weighted by molar-refractivity contribution is 5.76. The van der Waals surface area contributed by atoms with Crippen molar-refractivity contribution in [3.63, 3.8) is 0 Å². The van der Waals surface area contributed by atoms with Gasteiger partial charge in [0.2, 0.25) is 0 Å². The van der Waals surface area contributed by atoms with E-state index in [9.17, 15) is 9.18 Å². The Hall–Kier alpha value is -2.36. The first-order valence-electron chi connectivity index (χ1n) is 8.84. The number of fused-ring (bicyclic) bond motifs is 1. The second-order valence-electron chi connectivity index (χ2n) is 5.77. The Morgan fingerprint density at radius 1 is 1.20 bits per heavy atom. The van der Waals surface area contributed by atoms with E-state index in [-0.39, 0.29) is 11.8 Å². The zero-order chi connectivity index (χ0) is 18.8. The molecule has 25 heavy (non-hydrogen) atoms. The summed E-state index contributed by atoms with van der Waals surface area (Å²) in [5.41, 5.74) is 3.79. The third-order valence-electron chi connectivity index (χ3n) is 3.69. The molecule has 0 aromatic heterocycles. The number of nitrogens with zero attached hydrogens (tertiary/aromatic N) is 1. The van der Waals surface area contributed by atoms with Crippen LogP contribution in [0.5, 0.6) is 0 Å².